The topological polar surface area (TPSA) is 116 Å². The van der Waals surface area contributed by atoms with Crippen LogP contribution in [0, 0.1) is 5.82 Å². The van der Waals surface area contributed by atoms with Crippen LogP contribution >= 0.6 is 0 Å². The van der Waals surface area contributed by atoms with Crippen molar-refractivity contribution < 1.29 is 22.7 Å². The predicted molar refractivity (Wildman–Crippen MR) is 170 cm³/mol. The molecule has 1 atom stereocenters. The molecule has 0 aliphatic heterocycles. The Morgan fingerprint density at radius 1 is 0.977 bits per heavy atom. The van der Waals surface area contributed by atoms with Gasteiger partial charge < -0.3 is 10.6 Å². The number of amides is 2. The summed E-state index contributed by atoms with van der Waals surface area (Å²) in [5, 5.41) is 10.4. The van der Waals surface area contributed by atoms with Crippen molar-refractivity contribution in [2.24, 2.45) is 0 Å². The molecule has 0 aliphatic carbocycles. The number of rotatable bonds is 9. The largest absolute Gasteiger partial charge is 0.355 e. The average Bonchev–Trinajstić information content (AvgIpc) is 3.39. The van der Waals surface area contributed by atoms with Crippen LogP contribution in [0.15, 0.2) is 91.1 Å². The normalized spacial score (nSPS) is 12.1. The van der Waals surface area contributed by atoms with Crippen LogP contribution in [0.4, 0.5) is 10.1 Å². The number of hydrogen-bond donors (Lipinski definition) is 3. The Kier molecular flexibility index (Phi) is 8.61. The highest BCUT2D eigenvalue weighted by atomic mass is 32.2. The average molecular weight is 614 g/mol. The van der Waals surface area contributed by atoms with Gasteiger partial charge in [-0.1, -0.05) is 42.5 Å². The first-order valence-corrected chi connectivity index (χ1v) is 15.0. The van der Waals surface area contributed by atoms with E-state index in [4.69, 9.17) is 0 Å². The third-order valence-electron chi connectivity index (χ3n) is 7.42. The molecular formula is C33H32FN5O4S. The smallest absolute Gasteiger partial charge is 0.261 e. The van der Waals surface area contributed by atoms with E-state index >= 15 is 0 Å². The minimum atomic E-state index is -2.39. The minimum absolute atomic E-state index is 0.182. The van der Waals surface area contributed by atoms with E-state index in [1.165, 1.54) is 40.1 Å². The second kappa shape index (κ2) is 12.4. The van der Waals surface area contributed by atoms with Gasteiger partial charge in [0.15, 0.2) is 0 Å². The number of benzene rings is 3. The Balaban J connectivity index is 1.67. The molecule has 0 aliphatic rings. The van der Waals surface area contributed by atoms with Gasteiger partial charge >= 0.3 is 0 Å². The van der Waals surface area contributed by atoms with E-state index in [0.29, 0.717) is 39.2 Å². The molecule has 9 nitrogen and oxygen atoms in total. The van der Waals surface area contributed by atoms with Crippen molar-refractivity contribution in [1.29, 1.82) is 0 Å². The second-order valence-corrected chi connectivity index (χ2v) is 11.6. The van der Waals surface area contributed by atoms with Gasteiger partial charge in [0.05, 0.1) is 28.5 Å². The van der Waals surface area contributed by atoms with E-state index < -0.39 is 28.5 Å². The van der Waals surface area contributed by atoms with E-state index in [9.17, 15) is 22.7 Å². The summed E-state index contributed by atoms with van der Waals surface area (Å²) in [5.74, 6) is -1.13. The lowest BCUT2D eigenvalue weighted by Crippen LogP contribution is -2.40. The van der Waals surface area contributed by atoms with Crippen molar-refractivity contribution in [3.8, 4) is 22.4 Å². The zero-order valence-electron chi connectivity index (χ0n) is 24.7. The summed E-state index contributed by atoms with van der Waals surface area (Å²) in [4.78, 5) is 26.7. The second-order valence-electron chi connectivity index (χ2n) is 10.7. The van der Waals surface area contributed by atoms with Crippen LogP contribution in [0.5, 0.6) is 0 Å². The molecule has 2 heterocycles. The summed E-state index contributed by atoms with van der Waals surface area (Å²) in [6, 6.07) is 23.9. The fourth-order valence-corrected chi connectivity index (χ4v) is 5.68. The number of carbonyl (C=O) groups is 2. The highest BCUT2D eigenvalue weighted by Crippen LogP contribution is 2.36. The first-order valence-electron chi connectivity index (χ1n) is 14.0. The number of halogens is 1. The molecule has 226 valence electrons. The summed E-state index contributed by atoms with van der Waals surface area (Å²) in [7, 11) is 1.50. The van der Waals surface area contributed by atoms with Crippen LogP contribution in [-0.4, -0.2) is 43.8 Å². The Morgan fingerprint density at radius 2 is 1.68 bits per heavy atom. The van der Waals surface area contributed by atoms with E-state index in [1.54, 1.807) is 43.5 Å². The molecule has 0 saturated carbocycles. The van der Waals surface area contributed by atoms with Gasteiger partial charge in [-0.2, -0.15) is 5.10 Å². The SMILES string of the molecule is CCN(c1cn2nc(-c3ccc(F)cc3)c(C(=O)NC)c2cc1-c1cccc(C(=O)NC(C)(C)c2ccccc2)c1)S(=O)O. The van der Waals surface area contributed by atoms with Gasteiger partial charge in [-0.05, 0) is 74.4 Å². The van der Waals surface area contributed by atoms with Crippen LogP contribution in [0.25, 0.3) is 27.9 Å². The van der Waals surface area contributed by atoms with Crippen molar-refractivity contribution in [2.45, 2.75) is 26.3 Å². The van der Waals surface area contributed by atoms with E-state index in [-0.39, 0.29) is 18.0 Å². The fourth-order valence-electron chi connectivity index (χ4n) is 5.14. The summed E-state index contributed by atoms with van der Waals surface area (Å²) in [6.45, 7) is 5.76. The Bertz CT molecular complexity index is 1870. The van der Waals surface area contributed by atoms with Crippen molar-refractivity contribution in [3.05, 3.63) is 114 Å². The Labute approximate surface area is 257 Å². The van der Waals surface area contributed by atoms with Gasteiger partial charge in [0.25, 0.3) is 23.1 Å². The van der Waals surface area contributed by atoms with Crippen molar-refractivity contribution in [3.63, 3.8) is 0 Å². The number of nitrogens with zero attached hydrogens (tertiary/aromatic N) is 3. The van der Waals surface area contributed by atoms with Crippen molar-refractivity contribution >= 4 is 34.3 Å². The maximum absolute atomic E-state index is 13.7. The van der Waals surface area contributed by atoms with Crippen LogP contribution in [0.1, 0.15) is 47.1 Å². The van der Waals surface area contributed by atoms with Gasteiger partial charge in [-0.15, -0.1) is 0 Å². The Hall–Kier alpha value is -4.87. The number of fused-ring (bicyclic) bond motifs is 1. The predicted octanol–water partition coefficient (Wildman–Crippen LogP) is 5.80. The summed E-state index contributed by atoms with van der Waals surface area (Å²) in [5.41, 5.74) is 3.64. The zero-order valence-corrected chi connectivity index (χ0v) is 25.5. The standard InChI is InChI=1S/C33H32FN5O4S/c1-5-39(44(42)43)28-20-38-27(29(32(41)35-4)30(37-38)21-14-16-25(34)17-15-21)19-26(28)22-10-9-11-23(18-22)31(40)36-33(2,3)24-12-7-6-8-13-24/h6-20H,5H2,1-4H3,(H,35,41)(H,36,40)(H,42,43). The molecule has 5 aromatic rings. The molecule has 2 amide bonds. The summed E-state index contributed by atoms with van der Waals surface area (Å²) in [6.07, 6.45) is 1.58. The molecule has 1 unspecified atom stereocenters. The van der Waals surface area contributed by atoms with E-state index in [2.05, 4.69) is 15.7 Å². The third-order valence-corrected chi connectivity index (χ3v) is 8.25. The molecule has 2 aromatic heterocycles. The van der Waals surface area contributed by atoms with Crippen LogP contribution in [0.2, 0.25) is 0 Å². The lowest BCUT2D eigenvalue weighted by atomic mass is 9.93. The molecule has 5 rings (SSSR count). The van der Waals surface area contributed by atoms with Crippen LogP contribution in [0.3, 0.4) is 0 Å². The quantitative estimate of drug-likeness (QED) is 0.182. The first-order chi connectivity index (χ1) is 21.0. The molecule has 44 heavy (non-hydrogen) atoms. The minimum Gasteiger partial charge on any atom is -0.355 e. The molecule has 11 heteroatoms. The summed E-state index contributed by atoms with van der Waals surface area (Å²) < 4.78 is 39.1. The van der Waals surface area contributed by atoms with Gasteiger partial charge in [0, 0.05) is 30.3 Å². The van der Waals surface area contributed by atoms with E-state index in [1.807, 2.05) is 44.2 Å². The lowest BCUT2D eigenvalue weighted by Gasteiger charge is -2.27. The van der Waals surface area contributed by atoms with Crippen LogP contribution < -0.4 is 14.9 Å². The van der Waals surface area contributed by atoms with Gasteiger partial charge in [-0.3, -0.25) is 18.4 Å². The van der Waals surface area contributed by atoms with Crippen LogP contribution in [-0.2, 0) is 16.8 Å². The number of anilines is 1. The molecule has 3 aromatic carbocycles. The fraction of sp³-hybridized carbons (Fsp3) is 0.182. The molecular weight excluding hydrogens is 581 g/mol. The number of hydrogen-bond acceptors (Lipinski definition) is 4. The molecule has 0 fully saturated rings. The van der Waals surface area contributed by atoms with Gasteiger partial charge in [0.2, 0.25) is 0 Å². The number of aromatic nitrogens is 2. The lowest BCUT2D eigenvalue weighted by molar-refractivity contribution is 0.0910. The number of carbonyl (C=O) groups excluding carboxylic acids is 2. The molecule has 0 saturated heterocycles. The highest BCUT2D eigenvalue weighted by Gasteiger charge is 2.26. The molecule has 3 N–H and O–H groups in total. The first kappa shape index (κ1) is 30.6. The monoisotopic (exact) mass is 613 g/mol. The molecule has 0 radical (unpaired) electrons. The maximum Gasteiger partial charge on any atom is 0.261 e. The highest BCUT2D eigenvalue weighted by molar-refractivity contribution is 7.80. The molecule has 0 spiro atoms. The Morgan fingerprint density at radius 3 is 2.32 bits per heavy atom. The number of pyridine rings is 1. The van der Waals surface area contributed by atoms with Crippen molar-refractivity contribution in [2.75, 3.05) is 17.9 Å². The van der Waals surface area contributed by atoms with Crippen molar-refractivity contribution in [1.82, 2.24) is 20.2 Å². The van der Waals surface area contributed by atoms with Gasteiger partial charge in [-0.25, -0.2) is 13.1 Å². The number of nitrogens with one attached hydrogen (secondary N) is 2. The molecule has 0 bridgehead atoms. The van der Waals surface area contributed by atoms with E-state index in [0.717, 1.165) is 5.56 Å². The summed E-state index contributed by atoms with van der Waals surface area (Å²) >= 11 is -2.39. The maximum atomic E-state index is 13.7. The zero-order chi connectivity index (χ0) is 31.6. The third kappa shape index (κ3) is 5.97. The van der Waals surface area contributed by atoms with Gasteiger partial charge in [0.1, 0.15) is 11.5 Å².